The van der Waals surface area contributed by atoms with Crippen LogP contribution in [0.3, 0.4) is 0 Å². The molecule has 0 radical (unpaired) electrons. The molecule has 0 spiro atoms. The fraction of sp³-hybridized carbons (Fsp3) is 0.429. The molecule has 0 saturated heterocycles. The van der Waals surface area contributed by atoms with Gasteiger partial charge in [0.25, 0.3) is 5.69 Å². The lowest BCUT2D eigenvalue weighted by Crippen LogP contribution is -2.54. The first-order chi connectivity index (χ1) is 9.83. The van der Waals surface area contributed by atoms with Gasteiger partial charge >= 0.3 is 5.97 Å². The largest absolute Gasteiger partial charge is 0.480 e. The molecule has 2 rings (SSSR count). The topological polar surface area (TPSA) is 110 Å². The Bertz CT molecular complexity index is 580. The van der Waals surface area contributed by atoms with Crippen LogP contribution in [0.15, 0.2) is 24.3 Å². The molecule has 1 fully saturated rings. The Kier molecular flexibility index (Phi) is 3.93. The number of carboxylic acids is 1. The molecule has 1 atom stereocenters. The van der Waals surface area contributed by atoms with Crippen LogP contribution in [0.2, 0.25) is 0 Å². The minimum Gasteiger partial charge on any atom is -0.480 e. The fourth-order valence-electron chi connectivity index (χ4n) is 2.25. The minimum atomic E-state index is -1.24. The van der Waals surface area contributed by atoms with Crippen LogP contribution in [0.4, 0.5) is 5.69 Å². The molecular formula is C14H16N2O5. The van der Waals surface area contributed by atoms with Crippen LogP contribution in [-0.2, 0) is 16.0 Å². The molecule has 7 heteroatoms. The van der Waals surface area contributed by atoms with Crippen molar-refractivity contribution < 1.29 is 19.6 Å². The monoisotopic (exact) mass is 292 g/mol. The maximum atomic E-state index is 12.0. The van der Waals surface area contributed by atoms with Gasteiger partial charge in [-0.05, 0) is 31.2 Å². The summed E-state index contributed by atoms with van der Waals surface area (Å²) >= 11 is 0. The van der Waals surface area contributed by atoms with Crippen LogP contribution in [0.5, 0.6) is 0 Å². The van der Waals surface area contributed by atoms with Crippen LogP contribution in [0.25, 0.3) is 0 Å². The average Bonchev–Trinajstić information content (AvgIpc) is 3.23. The van der Waals surface area contributed by atoms with Crippen molar-refractivity contribution in [2.45, 2.75) is 31.7 Å². The predicted molar refractivity (Wildman–Crippen MR) is 73.7 cm³/mol. The lowest BCUT2D eigenvalue weighted by atomic mass is 9.95. The molecule has 7 nitrogen and oxygen atoms in total. The number of nitrogens with zero attached hydrogens (tertiary/aromatic N) is 1. The number of amides is 1. The Labute approximate surface area is 121 Å². The first-order valence-electron chi connectivity index (χ1n) is 6.60. The molecule has 1 aromatic carbocycles. The molecule has 0 aromatic heterocycles. The maximum Gasteiger partial charge on any atom is 0.329 e. The van der Waals surface area contributed by atoms with E-state index in [0.29, 0.717) is 5.56 Å². The van der Waals surface area contributed by atoms with E-state index in [9.17, 15) is 24.8 Å². The summed E-state index contributed by atoms with van der Waals surface area (Å²) in [6.07, 6.45) is 1.58. The molecule has 1 aliphatic carbocycles. The third kappa shape index (κ3) is 3.36. The smallest absolute Gasteiger partial charge is 0.329 e. The third-order valence-corrected chi connectivity index (χ3v) is 3.75. The van der Waals surface area contributed by atoms with Crippen LogP contribution >= 0.6 is 0 Å². The highest BCUT2D eigenvalue weighted by Gasteiger charge is 2.48. The van der Waals surface area contributed by atoms with Gasteiger partial charge in [0.2, 0.25) is 5.91 Å². The van der Waals surface area contributed by atoms with Crippen molar-refractivity contribution in [1.82, 2.24) is 5.32 Å². The lowest BCUT2D eigenvalue weighted by molar-refractivity contribution is -0.384. The van der Waals surface area contributed by atoms with E-state index >= 15 is 0 Å². The minimum absolute atomic E-state index is 0.00636. The van der Waals surface area contributed by atoms with Gasteiger partial charge in [0.15, 0.2) is 0 Å². The van der Waals surface area contributed by atoms with E-state index in [1.165, 1.54) is 31.2 Å². The number of nitro groups is 1. The number of carboxylic acid groups (broad SMARTS) is 1. The van der Waals surface area contributed by atoms with Crippen molar-refractivity contribution in [1.29, 1.82) is 0 Å². The molecule has 1 amide bonds. The SMILES string of the molecule is CC(NC(=O)Cc1ccc([N+](=O)[O-])cc1)(C(=O)O)C1CC1. The second kappa shape index (κ2) is 5.51. The van der Waals surface area contributed by atoms with Crippen LogP contribution < -0.4 is 5.32 Å². The molecule has 112 valence electrons. The number of aliphatic carboxylic acids is 1. The molecule has 1 saturated carbocycles. The normalized spacial score (nSPS) is 16.8. The van der Waals surface area contributed by atoms with E-state index in [1.807, 2.05) is 0 Å². The van der Waals surface area contributed by atoms with Crippen LogP contribution in [0.1, 0.15) is 25.3 Å². The van der Waals surface area contributed by atoms with E-state index in [1.54, 1.807) is 0 Å². The summed E-state index contributed by atoms with van der Waals surface area (Å²) in [5.41, 5.74) is -0.688. The zero-order chi connectivity index (χ0) is 15.6. The van der Waals surface area contributed by atoms with Crippen molar-refractivity contribution in [3.63, 3.8) is 0 Å². The van der Waals surface area contributed by atoms with Gasteiger partial charge in [-0.25, -0.2) is 4.79 Å². The molecule has 0 heterocycles. The number of carbonyl (C=O) groups excluding carboxylic acids is 1. The highest BCUT2D eigenvalue weighted by Crippen LogP contribution is 2.39. The van der Waals surface area contributed by atoms with Gasteiger partial charge in [-0.15, -0.1) is 0 Å². The van der Waals surface area contributed by atoms with Crippen LogP contribution in [0, 0.1) is 16.0 Å². The van der Waals surface area contributed by atoms with Crippen molar-refractivity contribution in [3.8, 4) is 0 Å². The van der Waals surface area contributed by atoms with Gasteiger partial charge in [0.05, 0.1) is 11.3 Å². The average molecular weight is 292 g/mol. The maximum absolute atomic E-state index is 12.0. The molecule has 1 unspecified atom stereocenters. The van der Waals surface area contributed by atoms with Gasteiger partial charge in [-0.2, -0.15) is 0 Å². The van der Waals surface area contributed by atoms with Gasteiger partial charge in [-0.3, -0.25) is 14.9 Å². The molecule has 1 aromatic rings. The molecule has 1 aliphatic rings. The number of hydrogen-bond donors (Lipinski definition) is 2. The summed E-state index contributed by atoms with van der Waals surface area (Å²) in [6.45, 7) is 1.51. The zero-order valence-corrected chi connectivity index (χ0v) is 11.5. The van der Waals surface area contributed by atoms with Crippen molar-refractivity contribution in [2.75, 3.05) is 0 Å². The second-order valence-corrected chi connectivity index (χ2v) is 5.43. The van der Waals surface area contributed by atoms with Crippen molar-refractivity contribution >= 4 is 17.6 Å². The Morgan fingerprint density at radius 2 is 1.95 bits per heavy atom. The molecule has 21 heavy (non-hydrogen) atoms. The Balaban J connectivity index is 2.01. The van der Waals surface area contributed by atoms with Gasteiger partial charge in [0, 0.05) is 12.1 Å². The van der Waals surface area contributed by atoms with Crippen molar-refractivity contribution in [3.05, 3.63) is 39.9 Å². The van der Waals surface area contributed by atoms with E-state index < -0.39 is 22.3 Å². The van der Waals surface area contributed by atoms with Gasteiger partial charge < -0.3 is 10.4 Å². The highest BCUT2D eigenvalue weighted by atomic mass is 16.6. The molecule has 0 aliphatic heterocycles. The Morgan fingerprint density at radius 3 is 2.38 bits per heavy atom. The summed E-state index contributed by atoms with van der Waals surface area (Å²) in [4.78, 5) is 33.3. The second-order valence-electron chi connectivity index (χ2n) is 5.43. The summed E-state index contributed by atoms with van der Waals surface area (Å²) in [5, 5.41) is 22.4. The number of benzene rings is 1. The number of non-ortho nitro benzene ring substituents is 1. The van der Waals surface area contributed by atoms with Crippen molar-refractivity contribution in [2.24, 2.45) is 5.92 Å². The summed E-state index contributed by atoms with van der Waals surface area (Å²) < 4.78 is 0. The summed E-state index contributed by atoms with van der Waals surface area (Å²) in [7, 11) is 0. The van der Waals surface area contributed by atoms with E-state index in [2.05, 4.69) is 5.32 Å². The summed E-state index contributed by atoms with van der Waals surface area (Å²) in [6, 6.07) is 5.62. The number of nitrogens with one attached hydrogen (secondary N) is 1. The Morgan fingerprint density at radius 1 is 1.38 bits per heavy atom. The van der Waals surface area contributed by atoms with E-state index in [-0.39, 0.29) is 18.0 Å². The number of nitro benzene ring substituents is 1. The molecule has 2 N–H and O–H groups in total. The van der Waals surface area contributed by atoms with Gasteiger partial charge in [0.1, 0.15) is 5.54 Å². The highest BCUT2D eigenvalue weighted by molar-refractivity contribution is 5.88. The third-order valence-electron chi connectivity index (χ3n) is 3.75. The van der Waals surface area contributed by atoms with Gasteiger partial charge in [-0.1, -0.05) is 12.1 Å². The lowest BCUT2D eigenvalue weighted by Gasteiger charge is -2.26. The van der Waals surface area contributed by atoms with E-state index in [0.717, 1.165) is 12.8 Å². The fourth-order valence-corrected chi connectivity index (χ4v) is 2.25. The molecule has 0 bridgehead atoms. The quantitative estimate of drug-likeness (QED) is 0.610. The Hall–Kier alpha value is -2.44. The first-order valence-corrected chi connectivity index (χ1v) is 6.60. The number of rotatable bonds is 6. The standard InChI is InChI=1S/C14H16N2O5/c1-14(13(18)19,10-4-5-10)15-12(17)8-9-2-6-11(7-3-9)16(20)21/h2-3,6-7,10H,4-5,8H2,1H3,(H,15,17)(H,18,19). The number of carbonyl (C=O) groups is 2. The molecular weight excluding hydrogens is 276 g/mol. The first kappa shape index (κ1) is 15.0. The number of hydrogen-bond acceptors (Lipinski definition) is 4. The summed E-state index contributed by atoms with van der Waals surface area (Å²) in [5.74, 6) is -1.47. The van der Waals surface area contributed by atoms with E-state index in [4.69, 9.17) is 0 Å². The van der Waals surface area contributed by atoms with Crippen LogP contribution in [-0.4, -0.2) is 27.4 Å². The predicted octanol–water partition coefficient (Wildman–Crippen LogP) is 1.51. The zero-order valence-electron chi connectivity index (χ0n) is 11.5.